The van der Waals surface area contributed by atoms with Gasteiger partial charge in [-0.25, -0.2) is 14.5 Å². The van der Waals surface area contributed by atoms with Crippen molar-refractivity contribution in [3.05, 3.63) is 93.5 Å². The number of benzene rings is 2. The molecule has 0 radical (unpaired) electrons. The van der Waals surface area contributed by atoms with Gasteiger partial charge in [0.05, 0.1) is 11.3 Å². The van der Waals surface area contributed by atoms with Gasteiger partial charge in [-0.15, -0.1) is 0 Å². The number of hydrogen-bond acceptors (Lipinski definition) is 4. The van der Waals surface area contributed by atoms with Crippen LogP contribution in [0.2, 0.25) is 0 Å². The minimum Gasteiger partial charge on any atom is -0.402 e. The molecule has 6 nitrogen and oxygen atoms in total. The Bertz CT molecular complexity index is 1140. The van der Waals surface area contributed by atoms with Crippen LogP contribution >= 0.6 is 0 Å². The second kappa shape index (κ2) is 6.57. The maximum absolute atomic E-state index is 13.0. The first-order valence-electron chi connectivity index (χ1n) is 8.48. The van der Waals surface area contributed by atoms with Gasteiger partial charge in [-0.3, -0.25) is 9.48 Å². The summed E-state index contributed by atoms with van der Waals surface area (Å²) in [5.74, 6) is -0.327. The largest absolute Gasteiger partial charge is 0.402 e. The quantitative estimate of drug-likeness (QED) is 0.533. The zero-order chi connectivity index (χ0) is 19.0. The molecule has 3 aromatic rings. The van der Waals surface area contributed by atoms with Crippen molar-refractivity contribution < 1.29 is 9.53 Å². The van der Waals surface area contributed by atoms with E-state index in [2.05, 4.69) is 4.99 Å². The molecule has 0 amide bonds. The summed E-state index contributed by atoms with van der Waals surface area (Å²) in [6, 6.07) is 18.5. The van der Waals surface area contributed by atoms with Crippen molar-refractivity contribution in [2.24, 2.45) is 12.0 Å². The lowest BCUT2D eigenvalue weighted by Crippen LogP contribution is -2.20. The highest BCUT2D eigenvalue weighted by atomic mass is 16.6. The zero-order valence-corrected chi connectivity index (χ0v) is 14.9. The number of aliphatic imine (C=N–C) groups is 1. The van der Waals surface area contributed by atoms with Crippen molar-refractivity contribution >= 4 is 17.9 Å². The number of nitrogens with zero attached hydrogens (tertiary/aromatic N) is 3. The van der Waals surface area contributed by atoms with Gasteiger partial charge < -0.3 is 4.74 Å². The molecule has 4 rings (SSSR count). The summed E-state index contributed by atoms with van der Waals surface area (Å²) in [5, 5.41) is 0. The van der Waals surface area contributed by atoms with Crippen LogP contribution in [0, 0.1) is 6.92 Å². The molecule has 0 fully saturated rings. The number of rotatable bonds is 3. The highest BCUT2D eigenvalue weighted by molar-refractivity contribution is 6.12. The number of ether oxygens (including phenoxy) is 1. The molecule has 0 aliphatic carbocycles. The summed E-state index contributed by atoms with van der Waals surface area (Å²) in [4.78, 5) is 29.5. The standard InChI is InChI=1S/C21H17N3O3/c1-14-17(20(25)24(23(14)2)16-11-7-4-8-12-16)13-18-21(26)27-19(22-18)15-9-5-3-6-10-15/h3-13H,1-2H3/b18-13+. The molecular formula is C21H17N3O3. The van der Waals surface area contributed by atoms with Gasteiger partial charge >= 0.3 is 5.97 Å². The lowest BCUT2D eigenvalue weighted by Gasteiger charge is -2.07. The SMILES string of the molecule is Cc1c(/C=C2/N=C(c3ccccc3)OC2=O)c(=O)n(-c2ccccc2)n1C. The van der Waals surface area contributed by atoms with Gasteiger partial charge in [0, 0.05) is 18.3 Å². The first kappa shape index (κ1) is 16.8. The molecule has 6 heteroatoms. The molecule has 0 spiro atoms. The Balaban J connectivity index is 1.80. The van der Waals surface area contributed by atoms with E-state index in [0.717, 1.165) is 11.4 Å². The molecule has 0 unspecified atom stereocenters. The Morgan fingerprint density at radius 3 is 2.26 bits per heavy atom. The van der Waals surface area contributed by atoms with Crippen molar-refractivity contribution in [2.75, 3.05) is 0 Å². The average Bonchev–Trinajstić information content (AvgIpc) is 3.16. The van der Waals surface area contributed by atoms with E-state index < -0.39 is 5.97 Å². The minimum absolute atomic E-state index is 0.111. The van der Waals surface area contributed by atoms with E-state index in [1.807, 2.05) is 67.6 Å². The van der Waals surface area contributed by atoms with Crippen LogP contribution in [-0.2, 0) is 16.6 Å². The van der Waals surface area contributed by atoms with Crippen molar-refractivity contribution in [3.8, 4) is 5.69 Å². The third-order valence-corrected chi connectivity index (χ3v) is 4.52. The predicted molar refractivity (Wildman–Crippen MR) is 103 cm³/mol. The maximum Gasteiger partial charge on any atom is 0.363 e. The summed E-state index contributed by atoms with van der Waals surface area (Å²) < 4.78 is 8.58. The summed E-state index contributed by atoms with van der Waals surface area (Å²) in [5.41, 5.74) is 2.49. The summed E-state index contributed by atoms with van der Waals surface area (Å²) in [7, 11) is 1.80. The zero-order valence-electron chi connectivity index (χ0n) is 14.9. The normalized spacial score (nSPS) is 15.1. The van der Waals surface area contributed by atoms with E-state index in [9.17, 15) is 9.59 Å². The third-order valence-electron chi connectivity index (χ3n) is 4.52. The number of carbonyl (C=O) groups is 1. The molecule has 0 saturated heterocycles. The topological polar surface area (TPSA) is 65.6 Å². The predicted octanol–water partition coefficient (Wildman–Crippen LogP) is 2.83. The van der Waals surface area contributed by atoms with Crippen LogP contribution in [0.5, 0.6) is 0 Å². The van der Waals surface area contributed by atoms with Crippen molar-refractivity contribution in [3.63, 3.8) is 0 Å². The number of hydrogen-bond donors (Lipinski definition) is 0. The Labute approximate surface area is 155 Å². The van der Waals surface area contributed by atoms with Crippen LogP contribution in [0.1, 0.15) is 16.8 Å². The summed E-state index contributed by atoms with van der Waals surface area (Å²) in [6.45, 7) is 1.83. The van der Waals surface area contributed by atoms with Crippen LogP contribution in [0.25, 0.3) is 11.8 Å². The van der Waals surface area contributed by atoms with E-state index >= 15 is 0 Å². The summed E-state index contributed by atoms with van der Waals surface area (Å²) >= 11 is 0. The maximum atomic E-state index is 13.0. The number of carbonyl (C=O) groups excluding carboxylic acids is 1. The molecule has 1 aliphatic heterocycles. The van der Waals surface area contributed by atoms with Gasteiger partial charge in [-0.05, 0) is 37.3 Å². The monoisotopic (exact) mass is 359 g/mol. The van der Waals surface area contributed by atoms with Gasteiger partial charge in [0.2, 0.25) is 5.90 Å². The lowest BCUT2D eigenvalue weighted by molar-refractivity contribution is -0.129. The molecule has 134 valence electrons. The number of cyclic esters (lactones) is 1. The fourth-order valence-electron chi connectivity index (χ4n) is 3.01. The Kier molecular flexibility index (Phi) is 4.08. The Hall–Kier alpha value is -3.67. The molecule has 0 bridgehead atoms. The molecule has 2 heterocycles. The summed E-state index contributed by atoms with van der Waals surface area (Å²) in [6.07, 6.45) is 1.50. The minimum atomic E-state index is -0.567. The molecule has 0 atom stereocenters. The van der Waals surface area contributed by atoms with Crippen LogP contribution in [0.15, 0.2) is 76.1 Å². The number of esters is 1. The molecular weight excluding hydrogens is 342 g/mol. The van der Waals surface area contributed by atoms with Crippen molar-refractivity contribution in [2.45, 2.75) is 6.92 Å². The second-order valence-corrected chi connectivity index (χ2v) is 6.18. The molecule has 0 N–H and O–H groups in total. The highest BCUT2D eigenvalue weighted by Crippen LogP contribution is 2.20. The van der Waals surface area contributed by atoms with E-state index in [1.165, 1.54) is 6.08 Å². The molecule has 1 aromatic heterocycles. The third kappa shape index (κ3) is 2.91. The van der Waals surface area contributed by atoms with Gasteiger partial charge in [-0.1, -0.05) is 36.4 Å². The van der Waals surface area contributed by atoms with Gasteiger partial charge in [0.15, 0.2) is 5.70 Å². The molecule has 27 heavy (non-hydrogen) atoms. The van der Waals surface area contributed by atoms with Crippen LogP contribution in [0.3, 0.4) is 0 Å². The molecule has 2 aromatic carbocycles. The average molecular weight is 359 g/mol. The second-order valence-electron chi connectivity index (χ2n) is 6.18. The first-order valence-corrected chi connectivity index (χ1v) is 8.48. The first-order chi connectivity index (χ1) is 13.1. The fourth-order valence-corrected chi connectivity index (χ4v) is 3.01. The highest BCUT2D eigenvalue weighted by Gasteiger charge is 2.25. The van der Waals surface area contributed by atoms with Crippen LogP contribution in [-0.4, -0.2) is 21.2 Å². The van der Waals surface area contributed by atoms with E-state index in [0.29, 0.717) is 11.1 Å². The smallest absolute Gasteiger partial charge is 0.363 e. The van der Waals surface area contributed by atoms with Crippen LogP contribution in [0.4, 0.5) is 0 Å². The Morgan fingerprint density at radius 2 is 1.59 bits per heavy atom. The van der Waals surface area contributed by atoms with E-state index in [1.54, 1.807) is 16.4 Å². The van der Waals surface area contributed by atoms with Gasteiger partial charge in [0.1, 0.15) is 0 Å². The number of para-hydroxylation sites is 1. The van der Waals surface area contributed by atoms with Gasteiger partial charge in [-0.2, -0.15) is 0 Å². The molecule has 0 saturated carbocycles. The van der Waals surface area contributed by atoms with Crippen LogP contribution < -0.4 is 5.56 Å². The van der Waals surface area contributed by atoms with E-state index in [-0.39, 0.29) is 17.2 Å². The lowest BCUT2D eigenvalue weighted by atomic mass is 10.2. The van der Waals surface area contributed by atoms with E-state index in [4.69, 9.17) is 4.74 Å². The number of aromatic nitrogens is 2. The van der Waals surface area contributed by atoms with Crippen molar-refractivity contribution in [1.29, 1.82) is 0 Å². The van der Waals surface area contributed by atoms with Gasteiger partial charge in [0.25, 0.3) is 5.56 Å². The van der Waals surface area contributed by atoms with Crippen molar-refractivity contribution in [1.82, 2.24) is 9.36 Å². The molecule has 1 aliphatic rings. The Morgan fingerprint density at radius 1 is 0.963 bits per heavy atom. The fraction of sp³-hybridized carbons (Fsp3) is 0.0952.